The van der Waals surface area contributed by atoms with Crippen LogP contribution < -0.4 is 10.2 Å². The van der Waals surface area contributed by atoms with Gasteiger partial charge in [0.1, 0.15) is 12.2 Å². The van der Waals surface area contributed by atoms with Crippen molar-refractivity contribution in [2.24, 2.45) is 0 Å². The van der Waals surface area contributed by atoms with Gasteiger partial charge in [-0.25, -0.2) is 8.78 Å². The highest BCUT2D eigenvalue weighted by atomic mass is 19.4. The number of carbonyl (C=O) groups excluding carboxylic acids is 1. The molecule has 1 amide bonds. The van der Waals surface area contributed by atoms with Gasteiger partial charge in [-0.1, -0.05) is 0 Å². The highest BCUT2D eigenvalue weighted by Gasteiger charge is 2.33. The van der Waals surface area contributed by atoms with Crippen LogP contribution in [0.4, 0.5) is 33.3 Å². The maximum Gasteiger partial charge on any atom is 0.435 e. The second kappa shape index (κ2) is 6.93. The molecule has 0 spiro atoms. The molecule has 140 valence electrons. The summed E-state index contributed by atoms with van der Waals surface area (Å²) in [6.45, 7) is 0.591. The molecule has 0 saturated carbocycles. The number of carbonyl (C=O) groups is 1. The van der Waals surface area contributed by atoms with Crippen molar-refractivity contribution in [3.8, 4) is 0 Å². The Morgan fingerprint density at radius 3 is 2.31 bits per heavy atom. The number of rotatable bonds is 4. The minimum absolute atomic E-state index is 0.115. The molecule has 1 saturated heterocycles. The van der Waals surface area contributed by atoms with Crippen LogP contribution in [0, 0.1) is 11.6 Å². The lowest BCUT2D eigenvalue weighted by atomic mass is 10.2. The minimum Gasteiger partial charge on any atom is -0.367 e. The fourth-order valence-corrected chi connectivity index (χ4v) is 2.83. The van der Waals surface area contributed by atoms with Gasteiger partial charge >= 0.3 is 6.18 Å². The molecule has 1 fully saturated rings. The number of benzene rings is 1. The molecule has 1 aliphatic heterocycles. The number of alkyl halides is 3. The van der Waals surface area contributed by atoms with E-state index >= 15 is 0 Å². The molecule has 26 heavy (non-hydrogen) atoms. The van der Waals surface area contributed by atoms with Crippen LogP contribution in [0.3, 0.4) is 0 Å². The smallest absolute Gasteiger partial charge is 0.367 e. The summed E-state index contributed by atoms with van der Waals surface area (Å²) in [5, 5.41) is 5.50. The molecule has 1 N–H and O–H groups in total. The fourth-order valence-electron chi connectivity index (χ4n) is 2.83. The van der Waals surface area contributed by atoms with E-state index in [1.165, 1.54) is 0 Å². The van der Waals surface area contributed by atoms with E-state index in [9.17, 15) is 26.7 Å². The molecule has 0 radical (unpaired) electrons. The van der Waals surface area contributed by atoms with E-state index in [1.807, 2.05) is 0 Å². The van der Waals surface area contributed by atoms with Crippen LogP contribution >= 0.6 is 0 Å². The summed E-state index contributed by atoms with van der Waals surface area (Å²) >= 11 is 0. The topological polar surface area (TPSA) is 50.2 Å². The lowest BCUT2D eigenvalue weighted by Gasteiger charge is -2.19. The average molecular weight is 374 g/mol. The standard InChI is InChI=1S/C16H15F5N4O/c17-11-7-10(8-12(18)15(11)24-4-1-2-5-24)22-14(26)9-25-6-3-13(23-25)16(19,20)21/h3,6-8H,1-2,4-5,9H2,(H,22,26). The lowest BCUT2D eigenvalue weighted by molar-refractivity contribution is -0.141. The number of hydrogen-bond acceptors (Lipinski definition) is 3. The van der Waals surface area contributed by atoms with Crippen LogP contribution in [0.5, 0.6) is 0 Å². The van der Waals surface area contributed by atoms with Crippen LogP contribution in [-0.2, 0) is 17.5 Å². The molecular weight excluding hydrogens is 359 g/mol. The zero-order valence-corrected chi connectivity index (χ0v) is 13.5. The molecule has 2 aromatic rings. The van der Waals surface area contributed by atoms with Crippen molar-refractivity contribution in [2.45, 2.75) is 25.6 Å². The van der Waals surface area contributed by atoms with E-state index < -0.39 is 36.0 Å². The van der Waals surface area contributed by atoms with Gasteiger partial charge in [-0.15, -0.1) is 0 Å². The SMILES string of the molecule is O=C(Cn1ccc(C(F)(F)F)n1)Nc1cc(F)c(N2CCCC2)c(F)c1. The summed E-state index contributed by atoms with van der Waals surface area (Å²) in [4.78, 5) is 13.5. The first-order valence-corrected chi connectivity index (χ1v) is 7.88. The van der Waals surface area contributed by atoms with E-state index in [0.29, 0.717) is 13.1 Å². The Morgan fingerprint density at radius 2 is 1.77 bits per heavy atom. The minimum atomic E-state index is -4.61. The number of nitrogens with one attached hydrogen (secondary N) is 1. The largest absolute Gasteiger partial charge is 0.435 e. The van der Waals surface area contributed by atoms with Crippen molar-refractivity contribution in [1.82, 2.24) is 9.78 Å². The molecule has 1 aromatic carbocycles. The second-order valence-corrected chi connectivity index (χ2v) is 5.93. The molecule has 0 unspecified atom stereocenters. The van der Waals surface area contributed by atoms with Crippen LogP contribution in [0.15, 0.2) is 24.4 Å². The van der Waals surface area contributed by atoms with E-state index in [-0.39, 0.29) is 11.4 Å². The maximum atomic E-state index is 14.2. The fraction of sp³-hybridized carbons (Fsp3) is 0.375. The zero-order chi connectivity index (χ0) is 18.9. The monoisotopic (exact) mass is 374 g/mol. The normalized spacial score (nSPS) is 14.7. The third kappa shape index (κ3) is 3.94. The molecule has 10 heteroatoms. The van der Waals surface area contributed by atoms with Gasteiger partial charge in [0.25, 0.3) is 0 Å². The molecule has 3 rings (SSSR count). The van der Waals surface area contributed by atoms with Gasteiger partial charge in [-0.05, 0) is 31.0 Å². The number of halogens is 5. The van der Waals surface area contributed by atoms with Gasteiger partial charge in [0.2, 0.25) is 5.91 Å². The van der Waals surface area contributed by atoms with E-state index in [4.69, 9.17) is 0 Å². The van der Waals surface area contributed by atoms with Gasteiger partial charge in [0, 0.05) is 25.0 Å². The maximum absolute atomic E-state index is 14.2. The van der Waals surface area contributed by atoms with Crippen molar-refractivity contribution in [3.05, 3.63) is 41.7 Å². The Bertz CT molecular complexity index is 788. The van der Waals surface area contributed by atoms with Crippen LogP contribution in [-0.4, -0.2) is 28.8 Å². The van der Waals surface area contributed by atoms with Crippen LogP contribution in [0.25, 0.3) is 0 Å². The summed E-state index contributed by atoms with van der Waals surface area (Å²) in [5.74, 6) is -2.36. The number of hydrogen-bond donors (Lipinski definition) is 1. The molecule has 0 atom stereocenters. The first-order valence-electron chi connectivity index (χ1n) is 7.88. The van der Waals surface area contributed by atoms with Crippen molar-refractivity contribution < 1.29 is 26.7 Å². The predicted octanol–water partition coefficient (Wildman–Crippen LogP) is 3.42. The highest BCUT2D eigenvalue weighted by molar-refractivity contribution is 5.90. The third-order valence-electron chi connectivity index (χ3n) is 3.96. The van der Waals surface area contributed by atoms with Gasteiger partial charge in [0.05, 0.1) is 0 Å². The van der Waals surface area contributed by atoms with Crippen LogP contribution in [0.1, 0.15) is 18.5 Å². The molecule has 0 aliphatic carbocycles. The summed E-state index contributed by atoms with van der Waals surface area (Å²) < 4.78 is 66.6. The van der Waals surface area contributed by atoms with Gasteiger partial charge in [-0.3, -0.25) is 9.48 Å². The first kappa shape index (κ1) is 18.2. The number of anilines is 2. The molecule has 1 aliphatic rings. The predicted molar refractivity (Wildman–Crippen MR) is 83.7 cm³/mol. The van der Waals surface area contributed by atoms with Crippen molar-refractivity contribution in [1.29, 1.82) is 0 Å². The van der Waals surface area contributed by atoms with Gasteiger partial charge < -0.3 is 10.2 Å². The highest BCUT2D eigenvalue weighted by Crippen LogP contribution is 2.30. The van der Waals surface area contributed by atoms with Crippen molar-refractivity contribution >= 4 is 17.3 Å². The van der Waals surface area contributed by atoms with Crippen molar-refractivity contribution in [3.63, 3.8) is 0 Å². The Kier molecular flexibility index (Phi) is 4.84. The third-order valence-corrected chi connectivity index (χ3v) is 3.96. The van der Waals surface area contributed by atoms with Crippen LogP contribution in [0.2, 0.25) is 0 Å². The second-order valence-electron chi connectivity index (χ2n) is 5.93. The first-order chi connectivity index (χ1) is 12.2. The molecule has 5 nitrogen and oxygen atoms in total. The van der Waals surface area contributed by atoms with Crippen molar-refractivity contribution in [2.75, 3.05) is 23.3 Å². The van der Waals surface area contributed by atoms with Gasteiger partial charge in [-0.2, -0.15) is 18.3 Å². The summed E-state index contributed by atoms with van der Waals surface area (Å²) in [5.41, 5.74) is -1.38. The number of amides is 1. The molecular formula is C16H15F5N4O. The summed E-state index contributed by atoms with van der Waals surface area (Å²) in [6, 6.07) is 2.70. The Morgan fingerprint density at radius 1 is 1.15 bits per heavy atom. The summed E-state index contributed by atoms with van der Waals surface area (Å²) in [6.07, 6.45) is -1.91. The molecule has 2 heterocycles. The van der Waals surface area contributed by atoms with Gasteiger partial charge in [0.15, 0.2) is 17.3 Å². The van der Waals surface area contributed by atoms with E-state index in [1.54, 1.807) is 4.90 Å². The average Bonchev–Trinajstić information content (AvgIpc) is 3.17. The number of aromatic nitrogens is 2. The number of nitrogens with zero attached hydrogens (tertiary/aromatic N) is 3. The van der Waals surface area contributed by atoms with E-state index in [0.717, 1.165) is 41.9 Å². The van der Waals surface area contributed by atoms with E-state index in [2.05, 4.69) is 10.4 Å². The molecule has 0 bridgehead atoms. The Labute approximate surface area is 145 Å². The zero-order valence-electron chi connectivity index (χ0n) is 13.5. The summed E-state index contributed by atoms with van der Waals surface area (Å²) in [7, 11) is 0. The Hall–Kier alpha value is -2.65. The lowest BCUT2D eigenvalue weighted by Crippen LogP contribution is -2.22. The Balaban J connectivity index is 1.68. The molecule has 1 aromatic heterocycles. The quantitative estimate of drug-likeness (QED) is 0.835.